The number of hydrogen-bond acceptors (Lipinski definition) is 4. The first-order chi connectivity index (χ1) is 15.5. The molecular weight excluding hydrogens is 418 g/mol. The summed E-state index contributed by atoms with van der Waals surface area (Å²) in [7, 11) is 0. The maximum atomic E-state index is 14.0. The van der Waals surface area contributed by atoms with Crippen LogP contribution in [0.4, 0.5) is 0 Å². The summed E-state index contributed by atoms with van der Waals surface area (Å²) in [6, 6.07) is 20.9. The van der Waals surface area contributed by atoms with Crippen molar-refractivity contribution < 1.29 is 9.21 Å². The van der Waals surface area contributed by atoms with Crippen molar-refractivity contribution in [3.63, 3.8) is 0 Å². The first-order valence-corrected chi connectivity index (χ1v) is 11.8. The minimum absolute atomic E-state index is 0.104. The number of amides is 1. The Morgan fingerprint density at radius 2 is 1.62 bits per heavy atom. The molecule has 0 fully saturated rings. The van der Waals surface area contributed by atoms with E-state index >= 15 is 0 Å². The minimum Gasteiger partial charge on any atom is -0.416 e. The molecule has 2 aromatic heterocycles. The molecule has 4 nitrogen and oxygen atoms in total. The Morgan fingerprint density at radius 3 is 2.28 bits per heavy atom. The molecule has 5 heteroatoms. The zero-order valence-corrected chi connectivity index (χ0v) is 19.4. The molecular formula is C27H27NO3S. The van der Waals surface area contributed by atoms with Crippen molar-refractivity contribution in [2.45, 2.75) is 33.2 Å². The number of nitrogens with zero attached hydrogens (tertiary/aromatic N) is 1. The Balaban J connectivity index is 1.90. The summed E-state index contributed by atoms with van der Waals surface area (Å²) < 4.78 is 5.75. The highest BCUT2D eigenvalue weighted by molar-refractivity contribution is 7.10. The van der Waals surface area contributed by atoms with Crippen LogP contribution in [-0.4, -0.2) is 17.4 Å². The van der Waals surface area contributed by atoms with E-state index in [2.05, 4.69) is 13.8 Å². The zero-order chi connectivity index (χ0) is 22.7. The molecule has 0 saturated heterocycles. The lowest BCUT2D eigenvalue weighted by Gasteiger charge is -2.29. The van der Waals surface area contributed by atoms with E-state index in [1.807, 2.05) is 77.9 Å². The summed E-state index contributed by atoms with van der Waals surface area (Å²) in [4.78, 5) is 29.8. The maximum Gasteiger partial charge on any atom is 0.344 e. The average Bonchev–Trinajstić information content (AvgIpc) is 3.34. The third kappa shape index (κ3) is 4.39. The third-order valence-electron chi connectivity index (χ3n) is 5.73. The van der Waals surface area contributed by atoms with Gasteiger partial charge in [-0.15, -0.1) is 11.3 Å². The van der Waals surface area contributed by atoms with Crippen LogP contribution in [-0.2, 0) is 0 Å². The van der Waals surface area contributed by atoms with Crippen molar-refractivity contribution in [3.8, 4) is 11.1 Å². The number of rotatable bonds is 7. The average molecular weight is 446 g/mol. The molecule has 0 N–H and O–H groups in total. The van der Waals surface area contributed by atoms with Gasteiger partial charge in [0.2, 0.25) is 5.76 Å². The van der Waals surface area contributed by atoms with Gasteiger partial charge in [-0.1, -0.05) is 68.4 Å². The Morgan fingerprint density at radius 1 is 0.938 bits per heavy atom. The van der Waals surface area contributed by atoms with Gasteiger partial charge in [0.05, 0.1) is 11.4 Å². The molecule has 0 bridgehead atoms. The summed E-state index contributed by atoms with van der Waals surface area (Å²) in [5.41, 5.74) is 1.03. The van der Waals surface area contributed by atoms with Crippen LogP contribution >= 0.6 is 11.3 Å². The minimum atomic E-state index is -0.490. The van der Waals surface area contributed by atoms with E-state index in [1.54, 1.807) is 17.4 Å². The van der Waals surface area contributed by atoms with Gasteiger partial charge in [-0.25, -0.2) is 4.79 Å². The molecule has 0 saturated carbocycles. The molecule has 0 radical (unpaired) electrons. The van der Waals surface area contributed by atoms with Gasteiger partial charge >= 0.3 is 5.63 Å². The summed E-state index contributed by atoms with van der Waals surface area (Å²) in [6.45, 7) is 6.90. The molecule has 164 valence electrons. The first-order valence-electron chi connectivity index (χ1n) is 10.9. The van der Waals surface area contributed by atoms with Gasteiger partial charge in [0.1, 0.15) is 0 Å². The Bertz CT molecular complexity index is 1260. The van der Waals surface area contributed by atoms with Crippen molar-refractivity contribution in [3.05, 3.63) is 93.2 Å². The van der Waals surface area contributed by atoms with E-state index in [9.17, 15) is 9.59 Å². The zero-order valence-electron chi connectivity index (χ0n) is 18.6. The van der Waals surface area contributed by atoms with E-state index < -0.39 is 5.63 Å². The van der Waals surface area contributed by atoms with Crippen LogP contribution in [0.5, 0.6) is 0 Å². The number of carbonyl (C=O) groups excluding carboxylic acids is 1. The molecule has 1 atom stereocenters. The molecule has 2 heterocycles. The maximum absolute atomic E-state index is 14.0. The first kappa shape index (κ1) is 22.0. The van der Waals surface area contributed by atoms with Crippen LogP contribution in [0.25, 0.3) is 21.9 Å². The van der Waals surface area contributed by atoms with Gasteiger partial charge in [0.25, 0.3) is 5.91 Å². The predicted molar refractivity (Wildman–Crippen MR) is 131 cm³/mol. The molecule has 0 aliphatic heterocycles. The molecule has 1 amide bonds. The topological polar surface area (TPSA) is 50.5 Å². The molecule has 0 unspecified atom stereocenters. The smallest absolute Gasteiger partial charge is 0.344 e. The van der Waals surface area contributed by atoms with E-state index in [0.717, 1.165) is 22.2 Å². The number of hydrogen-bond donors (Lipinski definition) is 0. The lowest BCUT2D eigenvalue weighted by atomic mass is 9.97. The van der Waals surface area contributed by atoms with Crippen LogP contribution < -0.4 is 5.63 Å². The van der Waals surface area contributed by atoms with Crippen LogP contribution in [0.1, 0.15) is 48.7 Å². The second-order valence-electron chi connectivity index (χ2n) is 8.38. The van der Waals surface area contributed by atoms with Crippen molar-refractivity contribution in [1.29, 1.82) is 0 Å². The van der Waals surface area contributed by atoms with Crippen LogP contribution in [0.3, 0.4) is 0 Å². The highest BCUT2D eigenvalue weighted by atomic mass is 32.1. The molecule has 2 aromatic carbocycles. The van der Waals surface area contributed by atoms with Crippen molar-refractivity contribution in [2.24, 2.45) is 5.92 Å². The van der Waals surface area contributed by atoms with Crippen molar-refractivity contribution in [2.75, 3.05) is 6.54 Å². The fraction of sp³-hybridized carbons (Fsp3) is 0.259. The molecule has 0 aliphatic carbocycles. The van der Waals surface area contributed by atoms with Gasteiger partial charge in [-0.2, -0.15) is 0 Å². The Kier molecular flexibility index (Phi) is 6.56. The Hall–Kier alpha value is -3.18. The number of carbonyl (C=O) groups is 1. The SMILES string of the molecule is CC(C)CCN(C(=O)c1oc(=O)c2ccccc2c1-c1ccccc1)[C@@H](C)c1cccs1. The third-order valence-corrected chi connectivity index (χ3v) is 6.77. The van der Waals surface area contributed by atoms with Gasteiger partial charge in [-0.05, 0) is 42.3 Å². The lowest BCUT2D eigenvalue weighted by Crippen LogP contribution is -2.35. The van der Waals surface area contributed by atoms with Crippen molar-refractivity contribution in [1.82, 2.24) is 4.90 Å². The quantitative estimate of drug-likeness (QED) is 0.315. The fourth-order valence-electron chi connectivity index (χ4n) is 3.92. The largest absolute Gasteiger partial charge is 0.416 e. The van der Waals surface area contributed by atoms with Crippen LogP contribution in [0.2, 0.25) is 0 Å². The number of fused-ring (bicyclic) bond motifs is 1. The second-order valence-corrected chi connectivity index (χ2v) is 9.36. The van der Waals surface area contributed by atoms with E-state index in [4.69, 9.17) is 4.42 Å². The van der Waals surface area contributed by atoms with Crippen molar-refractivity contribution >= 4 is 28.0 Å². The molecule has 0 aliphatic rings. The molecule has 4 rings (SSSR count). The molecule has 4 aromatic rings. The number of thiophene rings is 1. The summed E-state index contributed by atoms with van der Waals surface area (Å²) >= 11 is 1.63. The standard InChI is InChI=1S/C27H27NO3S/c1-18(2)15-16-28(19(3)23-14-9-17-32-23)26(29)25-24(20-10-5-4-6-11-20)21-12-7-8-13-22(21)27(30)31-25/h4-14,17-19H,15-16H2,1-3H3/t19-/m0/s1. The second kappa shape index (κ2) is 9.53. The summed E-state index contributed by atoms with van der Waals surface area (Å²) in [5.74, 6) is 0.290. The lowest BCUT2D eigenvalue weighted by molar-refractivity contribution is 0.0648. The number of benzene rings is 2. The highest BCUT2D eigenvalue weighted by Gasteiger charge is 2.29. The fourth-order valence-corrected chi connectivity index (χ4v) is 4.72. The molecule has 32 heavy (non-hydrogen) atoms. The predicted octanol–water partition coefficient (Wildman–Crippen LogP) is 6.77. The molecule has 0 spiro atoms. The van der Waals surface area contributed by atoms with E-state index in [-0.39, 0.29) is 17.7 Å². The summed E-state index contributed by atoms with van der Waals surface area (Å²) in [6.07, 6.45) is 0.861. The van der Waals surface area contributed by atoms with Crippen LogP contribution in [0, 0.1) is 5.92 Å². The van der Waals surface area contributed by atoms with Gasteiger partial charge in [-0.3, -0.25) is 4.79 Å². The monoisotopic (exact) mass is 445 g/mol. The van der Waals surface area contributed by atoms with Gasteiger partial charge in [0.15, 0.2) is 0 Å². The highest BCUT2D eigenvalue weighted by Crippen LogP contribution is 2.34. The van der Waals surface area contributed by atoms with E-state index in [0.29, 0.717) is 23.4 Å². The normalized spacial score (nSPS) is 12.2. The van der Waals surface area contributed by atoms with E-state index in [1.165, 1.54) is 0 Å². The summed E-state index contributed by atoms with van der Waals surface area (Å²) in [5, 5.41) is 3.22. The van der Waals surface area contributed by atoms with Crippen LogP contribution in [0.15, 0.2) is 81.3 Å². The Labute approximate surface area is 192 Å². The van der Waals surface area contributed by atoms with Gasteiger partial charge in [0, 0.05) is 22.4 Å². The van der Waals surface area contributed by atoms with Gasteiger partial charge < -0.3 is 9.32 Å².